The standard InChI is InChI=1S/C15H23BrN2/c1-3-18-8-6-14(7-9-18)17-11-13-4-5-15(16)12(2)10-13/h4-5,10,14,17H,3,6-9,11H2,1-2H3. The zero-order valence-corrected chi connectivity index (χ0v) is 13.0. The molecule has 3 heteroatoms. The summed E-state index contributed by atoms with van der Waals surface area (Å²) in [6.07, 6.45) is 2.56. The highest BCUT2D eigenvalue weighted by Crippen LogP contribution is 2.17. The van der Waals surface area contributed by atoms with Crippen molar-refractivity contribution in [1.29, 1.82) is 0 Å². The third kappa shape index (κ3) is 3.81. The molecule has 1 fully saturated rings. The van der Waals surface area contributed by atoms with Gasteiger partial charge in [0.15, 0.2) is 0 Å². The van der Waals surface area contributed by atoms with Gasteiger partial charge in [-0.15, -0.1) is 0 Å². The van der Waals surface area contributed by atoms with Crippen molar-refractivity contribution in [2.45, 2.75) is 39.3 Å². The molecule has 0 aliphatic carbocycles. The lowest BCUT2D eigenvalue weighted by Crippen LogP contribution is -2.42. The van der Waals surface area contributed by atoms with E-state index in [-0.39, 0.29) is 0 Å². The zero-order valence-electron chi connectivity index (χ0n) is 11.4. The molecule has 2 rings (SSSR count). The lowest BCUT2D eigenvalue weighted by Gasteiger charge is -2.31. The Labute approximate surface area is 119 Å². The minimum Gasteiger partial charge on any atom is -0.310 e. The largest absolute Gasteiger partial charge is 0.310 e. The fourth-order valence-electron chi connectivity index (χ4n) is 2.53. The maximum atomic E-state index is 3.69. The number of aryl methyl sites for hydroxylation is 1. The van der Waals surface area contributed by atoms with Crippen LogP contribution in [0.3, 0.4) is 0 Å². The van der Waals surface area contributed by atoms with Crippen LogP contribution in [0, 0.1) is 6.92 Å². The van der Waals surface area contributed by atoms with Gasteiger partial charge in [0, 0.05) is 17.1 Å². The second-order valence-electron chi connectivity index (χ2n) is 5.17. The number of halogens is 1. The lowest BCUT2D eigenvalue weighted by atomic mass is 10.0. The number of rotatable bonds is 4. The van der Waals surface area contributed by atoms with Crippen molar-refractivity contribution >= 4 is 15.9 Å². The summed E-state index contributed by atoms with van der Waals surface area (Å²) < 4.78 is 1.20. The normalized spacial score (nSPS) is 18.2. The minimum absolute atomic E-state index is 0.691. The number of nitrogens with zero attached hydrogens (tertiary/aromatic N) is 1. The second kappa shape index (κ2) is 6.69. The summed E-state index contributed by atoms with van der Waals surface area (Å²) in [6, 6.07) is 7.30. The first-order chi connectivity index (χ1) is 8.69. The monoisotopic (exact) mass is 310 g/mol. The van der Waals surface area contributed by atoms with Gasteiger partial charge in [-0.25, -0.2) is 0 Å². The smallest absolute Gasteiger partial charge is 0.0208 e. The van der Waals surface area contributed by atoms with Crippen molar-refractivity contribution in [1.82, 2.24) is 10.2 Å². The molecule has 1 saturated heterocycles. The van der Waals surface area contributed by atoms with Gasteiger partial charge in [-0.1, -0.05) is 35.0 Å². The molecule has 0 amide bonds. The molecule has 1 aromatic carbocycles. The van der Waals surface area contributed by atoms with E-state index in [2.05, 4.69) is 58.2 Å². The molecule has 0 spiro atoms. The Morgan fingerprint density at radius 3 is 2.67 bits per heavy atom. The fourth-order valence-corrected chi connectivity index (χ4v) is 2.78. The van der Waals surface area contributed by atoms with Gasteiger partial charge in [0.05, 0.1) is 0 Å². The highest BCUT2D eigenvalue weighted by molar-refractivity contribution is 9.10. The van der Waals surface area contributed by atoms with Gasteiger partial charge in [-0.2, -0.15) is 0 Å². The van der Waals surface area contributed by atoms with E-state index in [9.17, 15) is 0 Å². The SMILES string of the molecule is CCN1CCC(NCc2ccc(Br)c(C)c2)CC1. The highest BCUT2D eigenvalue weighted by Gasteiger charge is 2.17. The Bertz CT molecular complexity index is 384. The first kappa shape index (κ1) is 14.0. The zero-order chi connectivity index (χ0) is 13.0. The van der Waals surface area contributed by atoms with E-state index >= 15 is 0 Å². The summed E-state index contributed by atoms with van der Waals surface area (Å²) in [6.45, 7) is 9.07. The van der Waals surface area contributed by atoms with Gasteiger partial charge < -0.3 is 10.2 Å². The minimum atomic E-state index is 0.691. The van der Waals surface area contributed by atoms with Crippen LogP contribution in [0.5, 0.6) is 0 Å². The Kier molecular flexibility index (Phi) is 5.22. The number of nitrogens with one attached hydrogen (secondary N) is 1. The van der Waals surface area contributed by atoms with Gasteiger partial charge in [0.1, 0.15) is 0 Å². The number of likely N-dealkylation sites (tertiary alicyclic amines) is 1. The molecule has 18 heavy (non-hydrogen) atoms. The van der Waals surface area contributed by atoms with Crippen LogP contribution in [0.1, 0.15) is 30.9 Å². The molecular weight excluding hydrogens is 288 g/mol. The van der Waals surface area contributed by atoms with E-state index in [1.165, 1.54) is 48.1 Å². The van der Waals surface area contributed by atoms with Crippen LogP contribution < -0.4 is 5.32 Å². The Morgan fingerprint density at radius 1 is 1.33 bits per heavy atom. The number of benzene rings is 1. The van der Waals surface area contributed by atoms with Crippen LogP contribution in [0.25, 0.3) is 0 Å². The van der Waals surface area contributed by atoms with Crippen molar-refractivity contribution in [3.8, 4) is 0 Å². The Balaban J connectivity index is 1.79. The molecule has 1 aliphatic heterocycles. The molecule has 0 radical (unpaired) electrons. The highest BCUT2D eigenvalue weighted by atomic mass is 79.9. The Hall–Kier alpha value is -0.380. The molecular formula is C15H23BrN2. The van der Waals surface area contributed by atoms with Crippen molar-refractivity contribution in [3.05, 3.63) is 33.8 Å². The average molecular weight is 311 g/mol. The third-order valence-electron chi connectivity index (χ3n) is 3.85. The summed E-state index contributed by atoms with van der Waals surface area (Å²) in [5.41, 5.74) is 2.70. The van der Waals surface area contributed by atoms with Gasteiger partial charge in [0.25, 0.3) is 0 Å². The predicted molar refractivity (Wildman–Crippen MR) is 80.9 cm³/mol. The van der Waals surface area contributed by atoms with Crippen molar-refractivity contribution in [2.75, 3.05) is 19.6 Å². The van der Waals surface area contributed by atoms with E-state index in [1.54, 1.807) is 0 Å². The Morgan fingerprint density at radius 2 is 2.06 bits per heavy atom. The van der Waals surface area contributed by atoms with Gasteiger partial charge >= 0.3 is 0 Å². The van der Waals surface area contributed by atoms with E-state index in [1.807, 2.05) is 0 Å². The maximum absolute atomic E-state index is 3.69. The first-order valence-corrected chi connectivity index (χ1v) is 7.69. The molecule has 0 saturated carbocycles. The van der Waals surface area contributed by atoms with Crippen LogP contribution >= 0.6 is 15.9 Å². The van der Waals surface area contributed by atoms with Crippen LogP contribution in [0.15, 0.2) is 22.7 Å². The second-order valence-corrected chi connectivity index (χ2v) is 6.03. The number of piperidine rings is 1. The number of hydrogen-bond donors (Lipinski definition) is 1. The van der Waals surface area contributed by atoms with Gasteiger partial charge in [0.2, 0.25) is 0 Å². The average Bonchev–Trinajstić information content (AvgIpc) is 2.41. The van der Waals surface area contributed by atoms with Crippen LogP contribution in [0.2, 0.25) is 0 Å². The summed E-state index contributed by atoms with van der Waals surface area (Å²) in [4.78, 5) is 2.53. The quantitative estimate of drug-likeness (QED) is 0.917. The van der Waals surface area contributed by atoms with E-state index in [0.717, 1.165) is 6.54 Å². The summed E-state index contributed by atoms with van der Waals surface area (Å²) >= 11 is 3.55. The van der Waals surface area contributed by atoms with Crippen molar-refractivity contribution in [2.24, 2.45) is 0 Å². The molecule has 1 N–H and O–H groups in total. The first-order valence-electron chi connectivity index (χ1n) is 6.90. The topological polar surface area (TPSA) is 15.3 Å². The molecule has 0 atom stereocenters. The summed E-state index contributed by atoms with van der Waals surface area (Å²) in [5, 5.41) is 3.69. The molecule has 100 valence electrons. The van der Waals surface area contributed by atoms with E-state index in [0.29, 0.717) is 6.04 Å². The van der Waals surface area contributed by atoms with Crippen LogP contribution in [-0.4, -0.2) is 30.6 Å². The van der Waals surface area contributed by atoms with Gasteiger partial charge in [-0.05, 0) is 56.6 Å². The fraction of sp³-hybridized carbons (Fsp3) is 0.600. The molecule has 0 bridgehead atoms. The number of hydrogen-bond acceptors (Lipinski definition) is 2. The molecule has 2 nitrogen and oxygen atoms in total. The van der Waals surface area contributed by atoms with Gasteiger partial charge in [-0.3, -0.25) is 0 Å². The summed E-state index contributed by atoms with van der Waals surface area (Å²) in [5.74, 6) is 0. The maximum Gasteiger partial charge on any atom is 0.0208 e. The van der Waals surface area contributed by atoms with Crippen LogP contribution in [0.4, 0.5) is 0 Å². The molecule has 0 aromatic heterocycles. The van der Waals surface area contributed by atoms with Crippen molar-refractivity contribution in [3.63, 3.8) is 0 Å². The molecule has 1 heterocycles. The van der Waals surface area contributed by atoms with Crippen LogP contribution in [-0.2, 0) is 6.54 Å². The molecule has 1 aromatic rings. The molecule has 0 unspecified atom stereocenters. The van der Waals surface area contributed by atoms with E-state index < -0.39 is 0 Å². The summed E-state index contributed by atoms with van der Waals surface area (Å²) in [7, 11) is 0. The van der Waals surface area contributed by atoms with Crippen molar-refractivity contribution < 1.29 is 0 Å². The molecule has 1 aliphatic rings. The van der Waals surface area contributed by atoms with E-state index in [4.69, 9.17) is 0 Å². The third-order valence-corrected chi connectivity index (χ3v) is 4.74. The lowest BCUT2D eigenvalue weighted by molar-refractivity contribution is 0.206. The predicted octanol–water partition coefficient (Wildman–Crippen LogP) is 3.33.